The van der Waals surface area contributed by atoms with Gasteiger partial charge >= 0.3 is 0 Å². The lowest BCUT2D eigenvalue weighted by molar-refractivity contribution is 0.102. The van der Waals surface area contributed by atoms with Crippen LogP contribution in [0.25, 0.3) is 0 Å². The molecule has 6 nitrogen and oxygen atoms in total. The minimum absolute atomic E-state index is 0.190. The van der Waals surface area contributed by atoms with Gasteiger partial charge in [0.25, 0.3) is 5.91 Å². The molecule has 2 aromatic rings. The van der Waals surface area contributed by atoms with Crippen LogP contribution in [0.1, 0.15) is 27.2 Å². The van der Waals surface area contributed by atoms with Crippen LogP contribution in [-0.4, -0.2) is 42.2 Å². The highest BCUT2D eigenvalue weighted by atomic mass is 16.5. The maximum atomic E-state index is 12.5. The Bertz CT molecular complexity index is 755. The Morgan fingerprint density at radius 3 is 2.58 bits per heavy atom. The van der Waals surface area contributed by atoms with Crippen LogP contribution in [0.5, 0.6) is 0 Å². The molecule has 0 radical (unpaired) electrons. The molecule has 0 bridgehead atoms. The normalized spacial score (nSPS) is 14.5. The Balaban J connectivity index is 1.75. The standard InChI is InChI=1S/C18H22N4O2/c1-12-4-5-15(10-13(12)2)21-17(23)16-11-19-18(20-14(16)3)22-6-8-24-9-7-22/h4-5,10-11H,6-9H2,1-3H3,(H,21,23). The van der Waals surface area contributed by atoms with Crippen LogP contribution in [0.15, 0.2) is 24.4 Å². The third-order valence-electron chi connectivity index (χ3n) is 4.27. The van der Waals surface area contributed by atoms with Gasteiger partial charge in [0.05, 0.1) is 24.5 Å². The minimum atomic E-state index is -0.190. The molecule has 0 aliphatic carbocycles. The molecule has 126 valence electrons. The Hall–Kier alpha value is -2.47. The van der Waals surface area contributed by atoms with Crippen molar-refractivity contribution >= 4 is 17.5 Å². The van der Waals surface area contributed by atoms with Crippen molar-refractivity contribution in [3.63, 3.8) is 0 Å². The van der Waals surface area contributed by atoms with E-state index in [0.717, 1.165) is 24.3 Å². The van der Waals surface area contributed by atoms with Crippen LogP contribution in [0.3, 0.4) is 0 Å². The van der Waals surface area contributed by atoms with E-state index >= 15 is 0 Å². The van der Waals surface area contributed by atoms with E-state index in [4.69, 9.17) is 4.74 Å². The van der Waals surface area contributed by atoms with Gasteiger partial charge in [-0.15, -0.1) is 0 Å². The van der Waals surface area contributed by atoms with Crippen molar-refractivity contribution in [1.29, 1.82) is 0 Å². The molecule has 1 aromatic carbocycles. The second-order valence-corrected chi connectivity index (χ2v) is 6.02. The second-order valence-electron chi connectivity index (χ2n) is 6.02. The van der Waals surface area contributed by atoms with E-state index in [1.807, 2.05) is 39.0 Å². The van der Waals surface area contributed by atoms with E-state index in [-0.39, 0.29) is 5.91 Å². The van der Waals surface area contributed by atoms with E-state index in [1.54, 1.807) is 6.20 Å². The third kappa shape index (κ3) is 3.54. The number of nitrogens with zero attached hydrogens (tertiary/aromatic N) is 3. The summed E-state index contributed by atoms with van der Waals surface area (Å²) in [7, 11) is 0. The number of hydrogen-bond acceptors (Lipinski definition) is 5. The van der Waals surface area contributed by atoms with Gasteiger partial charge in [0.15, 0.2) is 0 Å². The van der Waals surface area contributed by atoms with Crippen molar-refractivity contribution in [3.8, 4) is 0 Å². The molecule has 6 heteroatoms. The zero-order valence-electron chi connectivity index (χ0n) is 14.3. The fourth-order valence-corrected chi connectivity index (χ4v) is 2.61. The van der Waals surface area contributed by atoms with Crippen LogP contribution < -0.4 is 10.2 Å². The zero-order chi connectivity index (χ0) is 17.1. The Labute approximate surface area is 141 Å². The summed E-state index contributed by atoms with van der Waals surface area (Å²) in [6, 6.07) is 5.86. The van der Waals surface area contributed by atoms with Gasteiger partial charge in [-0.1, -0.05) is 6.07 Å². The van der Waals surface area contributed by atoms with Crippen molar-refractivity contribution in [2.75, 3.05) is 36.5 Å². The predicted molar refractivity (Wildman–Crippen MR) is 93.7 cm³/mol. The lowest BCUT2D eigenvalue weighted by atomic mass is 10.1. The van der Waals surface area contributed by atoms with Crippen molar-refractivity contribution in [1.82, 2.24) is 9.97 Å². The monoisotopic (exact) mass is 326 g/mol. The number of carbonyl (C=O) groups excluding carboxylic acids is 1. The molecule has 0 atom stereocenters. The van der Waals surface area contributed by atoms with E-state index < -0.39 is 0 Å². The number of morpholine rings is 1. The Kier molecular flexibility index (Phi) is 4.76. The Morgan fingerprint density at radius 1 is 1.17 bits per heavy atom. The summed E-state index contributed by atoms with van der Waals surface area (Å²) in [5.41, 5.74) is 4.28. The first-order chi connectivity index (χ1) is 11.5. The van der Waals surface area contributed by atoms with E-state index in [1.165, 1.54) is 5.56 Å². The summed E-state index contributed by atoms with van der Waals surface area (Å²) in [5.74, 6) is 0.461. The van der Waals surface area contributed by atoms with Gasteiger partial charge in [-0.05, 0) is 44.0 Å². The molecule has 0 unspecified atom stereocenters. The molecule has 3 rings (SSSR count). The van der Waals surface area contributed by atoms with Crippen LogP contribution >= 0.6 is 0 Å². The number of nitrogens with one attached hydrogen (secondary N) is 1. The molecule has 1 fully saturated rings. The Morgan fingerprint density at radius 2 is 1.92 bits per heavy atom. The van der Waals surface area contributed by atoms with Crippen LogP contribution in [0.2, 0.25) is 0 Å². The molecule has 1 amide bonds. The topological polar surface area (TPSA) is 67.4 Å². The number of carbonyl (C=O) groups is 1. The molecule has 1 aromatic heterocycles. The molecule has 0 spiro atoms. The van der Waals surface area contributed by atoms with Gasteiger partial charge in [-0.25, -0.2) is 9.97 Å². The van der Waals surface area contributed by atoms with E-state index in [9.17, 15) is 4.79 Å². The number of anilines is 2. The van der Waals surface area contributed by atoms with Gasteiger partial charge in [-0.2, -0.15) is 0 Å². The average Bonchev–Trinajstić information content (AvgIpc) is 2.59. The molecule has 24 heavy (non-hydrogen) atoms. The summed E-state index contributed by atoms with van der Waals surface area (Å²) in [6.45, 7) is 8.80. The largest absolute Gasteiger partial charge is 0.378 e. The first-order valence-corrected chi connectivity index (χ1v) is 8.09. The molecule has 1 saturated heterocycles. The molecular weight excluding hydrogens is 304 g/mol. The lowest BCUT2D eigenvalue weighted by Gasteiger charge is -2.27. The number of benzene rings is 1. The predicted octanol–water partition coefficient (Wildman–Crippen LogP) is 2.49. The fourth-order valence-electron chi connectivity index (χ4n) is 2.61. The summed E-state index contributed by atoms with van der Waals surface area (Å²) < 4.78 is 5.34. The molecule has 1 aliphatic rings. The van der Waals surface area contributed by atoms with Gasteiger partial charge in [-0.3, -0.25) is 4.79 Å². The zero-order valence-corrected chi connectivity index (χ0v) is 14.3. The van der Waals surface area contributed by atoms with Crippen molar-refractivity contribution in [2.24, 2.45) is 0 Å². The maximum absolute atomic E-state index is 12.5. The maximum Gasteiger partial charge on any atom is 0.259 e. The van der Waals surface area contributed by atoms with Crippen molar-refractivity contribution < 1.29 is 9.53 Å². The summed E-state index contributed by atoms with van der Waals surface area (Å²) in [5, 5.41) is 2.91. The molecule has 2 heterocycles. The number of amides is 1. The number of rotatable bonds is 3. The highest BCUT2D eigenvalue weighted by Gasteiger charge is 2.17. The molecule has 0 saturated carbocycles. The van der Waals surface area contributed by atoms with Crippen molar-refractivity contribution in [3.05, 3.63) is 46.8 Å². The van der Waals surface area contributed by atoms with Gasteiger partial charge < -0.3 is 15.0 Å². The SMILES string of the molecule is Cc1ccc(NC(=O)c2cnc(N3CCOCC3)nc2C)cc1C. The van der Waals surface area contributed by atoms with E-state index in [2.05, 4.69) is 20.2 Å². The van der Waals surface area contributed by atoms with Gasteiger partial charge in [0, 0.05) is 25.0 Å². The van der Waals surface area contributed by atoms with Gasteiger partial charge in [0.2, 0.25) is 5.95 Å². The molecule has 1 aliphatic heterocycles. The third-order valence-corrected chi connectivity index (χ3v) is 4.27. The van der Waals surface area contributed by atoms with Gasteiger partial charge in [0.1, 0.15) is 0 Å². The number of ether oxygens (including phenoxy) is 1. The highest BCUT2D eigenvalue weighted by molar-refractivity contribution is 6.04. The van der Waals surface area contributed by atoms with Crippen LogP contribution in [-0.2, 0) is 4.74 Å². The quantitative estimate of drug-likeness (QED) is 0.938. The number of aromatic nitrogens is 2. The molecule has 1 N–H and O–H groups in total. The van der Waals surface area contributed by atoms with Crippen LogP contribution in [0.4, 0.5) is 11.6 Å². The van der Waals surface area contributed by atoms with Crippen molar-refractivity contribution in [2.45, 2.75) is 20.8 Å². The fraction of sp³-hybridized carbons (Fsp3) is 0.389. The summed E-state index contributed by atoms with van der Waals surface area (Å²) >= 11 is 0. The first kappa shape index (κ1) is 16.4. The summed E-state index contributed by atoms with van der Waals surface area (Å²) in [6.07, 6.45) is 1.60. The smallest absolute Gasteiger partial charge is 0.259 e. The number of hydrogen-bond donors (Lipinski definition) is 1. The minimum Gasteiger partial charge on any atom is -0.378 e. The highest BCUT2D eigenvalue weighted by Crippen LogP contribution is 2.17. The second kappa shape index (κ2) is 6.97. The lowest BCUT2D eigenvalue weighted by Crippen LogP contribution is -2.37. The average molecular weight is 326 g/mol. The molecular formula is C18H22N4O2. The van der Waals surface area contributed by atoms with E-state index in [0.29, 0.717) is 30.4 Å². The number of aryl methyl sites for hydroxylation is 3. The summed E-state index contributed by atoms with van der Waals surface area (Å²) in [4.78, 5) is 23.4. The first-order valence-electron chi connectivity index (χ1n) is 8.09. The van der Waals surface area contributed by atoms with Crippen LogP contribution in [0, 0.1) is 20.8 Å².